The molecule has 0 aliphatic heterocycles. The van der Waals surface area contributed by atoms with Gasteiger partial charge in [0.2, 0.25) is 0 Å². The van der Waals surface area contributed by atoms with Crippen LogP contribution >= 0.6 is 11.3 Å². The molecule has 1 fully saturated rings. The van der Waals surface area contributed by atoms with Gasteiger partial charge in [-0.15, -0.1) is 11.3 Å². The molecule has 1 heterocycles. The molecular formula is C14H21NO2S. The van der Waals surface area contributed by atoms with E-state index < -0.39 is 0 Å². The van der Waals surface area contributed by atoms with Crippen molar-refractivity contribution in [2.45, 2.75) is 44.7 Å². The Bertz CT molecular complexity index is 373. The van der Waals surface area contributed by atoms with Crippen molar-refractivity contribution in [3.05, 3.63) is 22.4 Å². The number of esters is 1. The third-order valence-corrected chi connectivity index (χ3v) is 4.52. The Balaban J connectivity index is 2.01. The van der Waals surface area contributed by atoms with Gasteiger partial charge in [0.05, 0.1) is 19.6 Å². The summed E-state index contributed by atoms with van der Waals surface area (Å²) in [6, 6.07) is 4.75. The van der Waals surface area contributed by atoms with Gasteiger partial charge in [-0.05, 0) is 36.6 Å². The van der Waals surface area contributed by atoms with Crippen molar-refractivity contribution < 1.29 is 9.53 Å². The second-order valence-electron chi connectivity index (χ2n) is 4.87. The van der Waals surface area contributed by atoms with E-state index in [4.69, 9.17) is 4.74 Å². The highest BCUT2D eigenvalue weighted by atomic mass is 32.1. The first-order valence-electron chi connectivity index (χ1n) is 6.60. The molecule has 1 aliphatic carbocycles. The molecule has 1 saturated carbocycles. The summed E-state index contributed by atoms with van der Waals surface area (Å²) in [6.07, 6.45) is 4.18. The van der Waals surface area contributed by atoms with E-state index in [1.165, 1.54) is 24.8 Å². The summed E-state index contributed by atoms with van der Waals surface area (Å²) >= 11 is 1.70. The van der Waals surface area contributed by atoms with Gasteiger partial charge >= 0.3 is 5.97 Å². The van der Waals surface area contributed by atoms with E-state index in [9.17, 15) is 4.79 Å². The van der Waals surface area contributed by atoms with Crippen molar-refractivity contribution in [1.82, 2.24) is 5.32 Å². The molecule has 1 N–H and O–H groups in total. The van der Waals surface area contributed by atoms with Crippen LogP contribution in [0.2, 0.25) is 0 Å². The Kier molecular flexibility index (Phi) is 4.78. The Morgan fingerprint density at radius 1 is 1.61 bits per heavy atom. The van der Waals surface area contributed by atoms with E-state index in [0.29, 0.717) is 12.5 Å². The number of rotatable bonds is 7. The minimum atomic E-state index is -0.147. The van der Waals surface area contributed by atoms with Crippen LogP contribution < -0.4 is 5.32 Å². The zero-order valence-electron chi connectivity index (χ0n) is 11.0. The van der Waals surface area contributed by atoms with Gasteiger partial charge in [0.1, 0.15) is 0 Å². The van der Waals surface area contributed by atoms with Crippen molar-refractivity contribution >= 4 is 17.3 Å². The van der Waals surface area contributed by atoms with Crippen LogP contribution in [-0.4, -0.2) is 19.1 Å². The summed E-state index contributed by atoms with van der Waals surface area (Å²) in [4.78, 5) is 12.7. The molecule has 0 bridgehead atoms. The van der Waals surface area contributed by atoms with E-state index in [2.05, 4.69) is 23.7 Å². The fourth-order valence-electron chi connectivity index (χ4n) is 2.33. The van der Waals surface area contributed by atoms with Crippen LogP contribution in [-0.2, 0) is 9.53 Å². The average molecular weight is 267 g/mol. The summed E-state index contributed by atoms with van der Waals surface area (Å²) in [7, 11) is 1.45. The van der Waals surface area contributed by atoms with Crippen LogP contribution in [0.3, 0.4) is 0 Å². The highest BCUT2D eigenvalue weighted by molar-refractivity contribution is 7.10. The first-order chi connectivity index (χ1) is 8.74. The highest BCUT2D eigenvalue weighted by Gasteiger charge is 2.32. The molecule has 1 aliphatic rings. The summed E-state index contributed by atoms with van der Waals surface area (Å²) < 4.78 is 4.80. The zero-order chi connectivity index (χ0) is 13.0. The molecule has 3 nitrogen and oxygen atoms in total. The lowest BCUT2D eigenvalue weighted by molar-refractivity contribution is -0.141. The van der Waals surface area contributed by atoms with Crippen LogP contribution in [0, 0.1) is 5.92 Å². The second kappa shape index (κ2) is 6.34. The van der Waals surface area contributed by atoms with Gasteiger partial charge in [-0.3, -0.25) is 4.79 Å². The van der Waals surface area contributed by atoms with Crippen molar-refractivity contribution in [3.8, 4) is 0 Å². The fraction of sp³-hybridized carbons (Fsp3) is 0.643. The lowest BCUT2D eigenvalue weighted by Gasteiger charge is -2.23. The molecule has 2 unspecified atom stereocenters. The molecule has 1 aromatic heterocycles. The molecule has 0 aromatic carbocycles. The summed E-state index contributed by atoms with van der Waals surface area (Å²) in [5.41, 5.74) is 0. The molecule has 0 amide bonds. The molecule has 1 aromatic rings. The smallest absolute Gasteiger partial charge is 0.307 e. The summed E-state index contributed by atoms with van der Waals surface area (Å²) in [6.45, 7) is 2.21. The minimum Gasteiger partial charge on any atom is -0.469 e. The Morgan fingerprint density at radius 2 is 2.39 bits per heavy atom. The average Bonchev–Trinajstić information content (AvgIpc) is 3.08. The largest absolute Gasteiger partial charge is 0.469 e. The zero-order valence-corrected chi connectivity index (χ0v) is 11.8. The fourth-order valence-corrected chi connectivity index (χ4v) is 3.11. The number of thiophene rings is 1. The molecule has 0 radical (unpaired) electrons. The lowest BCUT2D eigenvalue weighted by atomic mass is 10.1. The molecular weight excluding hydrogens is 246 g/mol. The number of nitrogens with one attached hydrogen (secondary N) is 1. The molecule has 100 valence electrons. The lowest BCUT2D eigenvalue weighted by Crippen LogP contribution is -2.35. The number of methoxy groups -OCH3 is 1. The monoisotopic (exact) mass is 267 g/mol. The van der Waals surface area contributed by atoms with Crippen LogP contribution in [0.25, 0.3) is 0 Å². The van der Waals surface area contributed by atoms with Crippen LogP contribution in [0.1, 0.15) is 43.5 Å². The number of ether oxygens (including phenoxy) is 1. The van der Waals surface area contributed by atoms with Crippen molar-refractivity contribution in [2.75, 3.05) is 7.11 Å². The number of carbonyl (C=O) groups is 1. The first-order valence-corrected chi connectivity index (χ1v) is 7.48. The quantitative estimate of drug-likeness (QED) is 0.771. The maximum Gasteiger partial charge on any atom is 0.307 e. The second-order valence-corrected chi connectivity index (χ2v) is 5.85. The highest BCUT2D eigenvalue weighted by Crippen LogP contribution is 2.36. The standard InChI is InChI=1S/C14H21NO2S/c1-3-11(10-6-7-10)15-12(9-14(16)17-2)13-5-4-8-18-13/h4-5,8,10-12,15H,3,6-7,9H2,1-2H3. The topological polar surface area (TPSA) is 38.3 Å². The first kappa shape index (κ1) is 13.6. The van der Waals surface area contributed by atoms with E-state index >= 15 is 0 Å². The molecule has 4 heteroatoms. The third-order valence-electron chi connectivity index (χ3n) is 3.53. The summed E-state index contributed by atoms with van der Waals surface area (Å²) in [5.74, 6) is 0.654. The number of carbonyl (C=O) groups excluding carboxylic acids is 1. The predicted molar refractivity (Wildman–Crippen MR) is 73.6 cm³/mol. The van der Waals surface area contributed by atoms with E-state index in [1.54, 1.807) is 11.3 Å². The van der Waals surface area contributed by atoms with Crippen molar-refractivity contribution in [3.63, 3.8) is 0 Å². The van der Waals surface area contributed by atoms with E-state index in [-0.39, 0.29) is 12.0 Å². The molecule has 2 rings (SSSR count). The number of hydrogen-bond donors (Lipinski definition) is 1. The van der Waals surface area contributed by atoms with Crippen molar-refractivity contribution in [1.29, 1.82) is 0 Å². The predicted octanol–water partition coefficient (Wildman–Crippen LogP) is 3.13. The maximum atomic E-state index is 11.5. The SMILES string of the molecule is CCC(NC(CC(=O)OC)c1cccs1)C1CC1. The molecule has 2 atom stereocenters. The van der Waals surface area contributed by atoms with Crippen LogP contribution in [0.15, 0.2) is 17.5 Å². The van der Waals surface area contributed by atoms with E-state index in [0.717, 1.165) is 12.3 Å². The third kappa shape index (κ3) is 3.56. The summed E-state index contributed by atoms with van der Waals surface area (Å²) in [5, 5.41) is 5.70. The Hall–Kier alpha value is -0.870. The number of hydrogen-bond acceptors (Lipinski definition) is 4. The molecule has 0 spiro atoms. The van der Waals surface area contributed by atoms with Crippen molar-refractivity contribution in [2.24, 2.45) is 5.92 Å². The van der Waals surface area contributed by atoms with Gasteiger partial charge in [0.25, 0.3) is 0 Å². The Morgan fingerprint density at radius 3 is 2.89 bits per heavy atom. The molecule has 0 saturated heterocycles. The molecule has 18 heavy (non-hydrogen) atoms. The Labute approximate surface area is 113 Å². The van der Waals surface area contributed by atoms with Gasteiger partial charge in [-0.1, -0.05) is 13.0 Å². The van der Waals surface area contributed by atoms with Gasteiger partial charge in [-0.2, -0.15) is 0 Å². The van der Waals surface area contributed by atoms with Crippen LogP contribution in [0.5, 0.6) is 0 Å². The van der Waals surface area contributed by atoms with Gasteiger partial charge in [0, 0.05) is 10.9 Å². The van der Waals surface area contributed by atoms with E-state index in [1.807, 2.05) is 6.07 Å². The van der Waals surface area contributed by atoms with Gasteiger partial charge in [-0.25, -0.2) is 0 Å². The minimum absolute atomic E-state index is 0.1000. The van der Waals surface area contributed by atoms with Gasteiger partial charge in [0.15, 0.2) is 0 Å². The maximum absolute atomic E-state index is 11.5. The van der Waals surface area contributed by atoms with Gasteiger partial charge < -0.3 is 10.1 Å². The normalized spacial score (nSPS) is 18.3. The van der Waals surface area contributed by atoms with Crippen LogP contribution in [0.4, 0.5) is 0 Å².